The summed E-state index contributed by atoms with van der Waals surface area (Å²) in [6.07, 6.45) is 0.819. The summed E-state index contributed by atoms with van der Waals surface area (Å²) in [5.41, 5.74) is 2.04. The maximum Gasteiger partial charge on any atom is 0.260 e. The zero-order valence-corrected chi connectivity index (χ0v) is 18.9. The van der Waals surface area contributed by atoms with Gasteiger partial charge in [-0.15, -0.1) is 32.9 Å². The number of aromatic nitrogens is 3. The first-order valence-electron chi connectivity index (χ1n) is 9.91. The molecule has 4 rings (SSSR count). The molecule has 3 heterocycles. The second-order valence-electron chi connectivity index (χ2n) is 6.90. The fourth-order valence-electron chi connectivity index (χ4n) is 2.96. The fourth-order valence-corrected chi connectivity index (χ4v) is 4.41. The van der Waals surface area contributed by atoms with Gasteiger partial charge in [-0.3, -0.25) is 4.79 Å². The molecule has 0 radical (unpaired) electrons. The van der Waals surface area contributed by atoms with Crippen molar-refractivity contribution in [2.24, 2.45) is 0 Å². The van der Waals surface area contributed by atoms with Gasteiger partial charge in [0.2, 0.25) is 5.89 Å². The van der Waals surface area contributed by atoms with E-state index in [1.165, 1.54) is 11.3 Å². The first kappa shape index (κ1) is 21.2. The maximum absolute atomic E-state index is 12.7. The Labute approximate surface area is 188 Å². The van der Waals surface area contributed by atoms with Crippen LogP contribution in [0.1, 0.15) is 24.9 Å². The third-order valence-electron chi connectivity index (χ3n) is 4.45. The standard InChI is InChI=1S/C22H22N4O3S2/c1-3-10-26(12-19-24-25-21(29-19)18-5-4-11-30-18)20(27)13-28-17-8-6-16(7-9-17)22-23-15(2)14-31-22/h4-9,11,14H,3,10,12-13H2,1-2H3. The zero-order chi connectivity index (χ0) is 21.6. The van der Waals surface area contributed by atoms with Crippen molar-refractivity contribution in [2.45, 2.75) is 26.8 Å². The van der Waals surface area contributed by atoms with E-state index in [1.807, 2.05) is 61.0 Å². The second kappa shape index (κ2) is 9.84. The van der Waals surface area contributed by atoms with Crippen LogP contribution >= 0.6 is 22.7 Å². The van der Waals surface area contributed by atoms with Gasteiger partial charge in [-0.25, -0.2) is 4.98 Å². The summed E-state index contributed by atoms with van der Waals surface area (Å²) in [5, 5.41) is 13.1. The van der Waals surface area contributed by atoms with E-state index in [1.54, 1.807) is 16.2 Å². The molecule has 0 unspecified atom stereocenters. The average molecular weight is 455 g/mol. The van der Waals surface area contributed by atoms with Crippen LogP contribution in [0.2, 0.25) is 0 Å². The number of amides is 1. The lowest BCUT2D eigenvalue weighted by molar-refractivity contribution is -0.134. The number of carbonyl (C=O) groups is 1. The van der Waals surface area contributed by atoms with Crippen molar-refractivity contribution in [3.8, 4) is 27.1 Å². The normalized spacial score (nSPS) is 10.9. The van der Waals surface area contributed by atoms with E-state index in [-0.39, 0.29) is 19.1 Å². The maximum atomic E-state index is 12.7. The number of aryl methyl sites for hydroxylation is 1. The molecule has 1 amide bonds. The van der Waals surface area contributed by atoms with E-state index in [0.717, 1.165) is 27.6 Å². The largest absolute Gasteiger partial charge is 0.484 e. The van der Waals surface area contributed by atoms with Gasteiger partial charge in [0.25, 0.3) is 11.8 Å². The van der Waals surface area contributed by atoms with Gasteiger partial charge in [0, 0.05) is 23.2 Å². The van der Waals surface area contributed by atoms with Gasteiger partial charge in [-0.05, 0) is 49.1 Å². The van der Waals surface area contributed by atoms with Crippen molar-refractivity contribution in [3.05, 3.63) is 58.7 Å². The minimum atomic E-state index is -0.127. The summed E-state index contributed by atoms with van der Waals surface area (Å²) in [7, 11) is 0. The Balaban J connectivity index is 1.35. The topological polar surface area (TPSA) is 81.4 Å². The number of thiophene rings is 1. The Kier molecular flexibility index (Phi) is 6.73. The van der Waals surface area contributed by atoms with Crippen LogP contribution in [0.3, 0.4) is 0 Å². The minimum Gasteiger partial charge on any atom is -0.484 e. The highest BCUT2D eigenvalue weighted by Crippen LogP contribution is 2.26. The van der Waals surface area contributed by atoms with Crippen molar-refractivity contribution in [3.63, 3.8) is 0 Å². The Morgan fingerprint density at radius 2 is 2.00 bits per heavy atom. The molecule has 0 fully saturated rings. The number of hydrogen-bond donors (Lipinski definition) is 0. The van der Waals surface area contributed by atoms with Crippen molar-refractivity contribution in [1.82, 2.24) is 20.1 Å². The van der Waals surface area contributed by atoms with Gasteiger partial charge >= 0.3 is 0 Å². The van der Waals surface area contributed by atoms with Gasteiger partial charge in [-0.2, -0.15) is 0 Å². The van der Waals surface area contributed by atoms with Crippen molar-refractivity contribution < 1.29 is 13.9 Å². The van der Waals surface area contributed by atoms with Crippen LogP contribution < -0.4 is 4.74 Å². The lowest BCUT2D eigenvalue weighted by Gasteiger charge is -2.20. The number of carbonyl (C=O) groups excluding carboxylic acids is 1. The smallest absolute Gasteiger partial charge is 0.260 e. The zero-order valence-electron chi connectivity index (χ0n) is 17.3. The van der Waals surface area contributed by atoms with Crippen molar-refractivity contribution in [1.29, 1.82) is 0 Å². The first-order chi connectivity index (χ1) is 15.1. The molecule has 0 aliphatic rings. The monoisotopic (exact) mass is 454 g/mol. The van der Waals surface area contributed by atoms with Gasteiger partial charge in [0.1, 0.15) is 10.8 Å². The van der Waals surface area contributed by atoms with E-state index >= 15 is 0 Å². The van der Waals surface area contributed by atoms with Gasteiger partial charge in [-0.1, -0.05) is 13.0 Å². The highest BCUT2D eigenvalue weighted by atomic mass is 32.1. The van der Waals surface area contributed by atoms with Crippen LogP contribution in [0.5, 0.6) is 5.75 Å². The molecule has 0 aliphatic carbocycles. The molecule has 0 saturated heterocycles. The number of hydrogen-bond acceptors (Lipinski definition) is 8. The quantitative estimate of drug-likeness (QED) is 0.352. The van der Waals surface area contributed by atoms with Gasteiger partial charge in [0.05, 0.1) is 11.4 Å². The van der Waals surface area contributed by atoms with Gasteiger partial charge in [0.15, 0.2) is 6.61 Å². The van der Waals surface area contributed by atoms with Crippen LogP contribution in [-0.4, -0.2) is 39.1 Å². The van der Waals surface area contributed by atoms with Crippen LogP contribution in [0.15, 0.2) is 51.6 Å². The summed E-state index contributed by atoms with van der Waals surface area (Å²) in [5.74, 6) is 1.39. The number of nitrogens with zero attached hydrogens (tertiary/aromatic N) is 4. The number of thiazole rings is 1. The first-order valence-corrected chi connectivity index (χ1v) is 11.7. The lowest BCUT2D eigenvalue weighted by Crippen LogP contribution is -2.35. The molecule has 3 aromatic heterocycles. The van der Waals surface area contributed by atoms with E-state index in [0.29, 0.717) is 24.1 Å². The molecular weight excluding hydrogens is 432 g/mol. The molecule has 0 atom stereocenters. The van der Waals surface area contributed by atoms with E-state index < -0.39 is 0 Å². The van der Waals surface area contributed by atoms with E-state index in [2.05, 4.69) is 15.2 Å². The third kappa shape index (κ3) is 5.36. The molecule has 31 heavy (non-hydrogen) atoms. The van der Waals surface area contributed by atoms with Crippen molar-refractivity contribution >= 4 is 28.6 Å². The molecule has 7 nitrogen and oxygen atoms in total. The fraction of sp³-hybridized carbons (Fsp3) is 0.273. The summed E-state index contributed by atoms with van der Waals surface area (Å²) in [6.45, 7) is 4.78. The summed E-state index contributed by atoms with van der Waals surface area (Å²) in [4.78, 5) is 19.8. The third-order valence-corrected chi connectivity index (χ3v) is 6.32. The van der Waals surface area contributed by atoms with Gasteiger partial charge < -0.3 is 14.1 Å². The molecule has 0 bridgehead atoms. The van der Waals surface area contributed by atoms with E-state index in [4.69, 9.17) is 9.15 Å². The molecule has 0 saturated carbocycles. The Hall–Kier alpha value is -3.04. The second-order valence-corrected chi connectivity index (χ2v) is 8.71. The average Bonchev–Trinajstić information content (AvgIpc) is 3.54. The molecule has 9 heteroatoms. The SMILES string of the molecule is CCCN(Cc1nnc(-c2cccs2)o1)C(=O)COc1ccc(-c2nc(C)cs2)cc1. The number of benzene rings is 1. The Morgan fingerprint density at radius 1 is 1.16 bits per heavy atom. The van der Waals surface area contributed by atoms with Crippen LogP contribution in [-0.2, 0) is 11.3 Å². The summed E-state index contributed by atoms with van der Waals surface area (Å²) < 4.78 is 11.4. The molecule has 1 aromatic carbocycles. The molecule has 0 N–H and O–H groups in total. The van der Waals surface area contributed by atoms with Crippen LogP contribution in [0.25, 0.3) is 21.3 Å². The predicted molar refractivity (Wildman–Crippen MR) is 121 cm³/mol. The molecule has 0 spiro atoms. The molecule has 4 aromatic rings. The van der Waals surface area contributed by atoms with Crippen molar-refractivity contribution in [2.75, 3.05) is 13.2 Å². The van der Waals surface area contributed by atoms with E-state index in [9.17, 15) is 4.79 Å². The highest BCUT2D eigenvalue weighted by Gasteiger charge is 2.18. The Morgan fingerprint density at radius 3 is 2.68 bits per heavy atom. The summed E-state index contributed by atoms with van der Waals surface area (Å²) >= 11 is 3.14. The lowest BCUT2D eigenvalue weighted by atomic mass is 10.2. The molecule has 160 valence electrons. The molecular formula is C22H22N4O3S2. The summed E-state index contributed by atoms with van der Waals surface area (Å²) in [6, 6.07) is 11.5. The van der Waals surface area contributed by atoms with Crippen LogP contribution in [0.4, 0.5) is 0 Å². The predicted octanol–water partition coefficient (Wildman–Crippen LogP) is 5.05. The van der Waals surface area contributed by atoms with Crippen LogP contribution in [0, 0.1) is 6.92 Å². The number of ether oxygens (including phenoxy) is 1. The Bertz CT molecular complexity index is 1120. The number of rotatable bonds is 9. The minimum absolute atomic E-state index is 0.0539. The highest BCUT2D eigenvalue weighted by molar-refractivity contribution is 7.13. The molecule has 0 aliphatic heterocycles.